The lowest BCUT2D eigenvalue weighted by atomic mass is 10.2. The molecule has 0 fully saturated rings. The molecule has 0 bridgehead atoms. The number of hydrogen-bond acceptors (Lipinski definition) is 5. The molecular formula is C18H18ClNO5. The number of benzene rings is 2. The number of amides is 1. The van der Waals surface area contributed by atoms with Crippen molar-refractivity contribution >= 4 is 29.2 Å². The molecule has 0 spiro atoms. The zero-order valence-electron chi connectivity index (χ0n) is 13.9. The first-order valence-electron chi connectivity index (χ1n) is 7.57. The third-order valence-corrected chi connectivity index (χ3v) is 3.38. The van der Waals surface area contributed by atoms with Crippen LogP contribution in [0.25, 0.3) is 0 Å². The van der Waals surface area contributed by atoms with Crippen LogP contribution in [0.4, 0.5) is 5.69 Å². The maximum absolute atomic E-state index is 12.1. The number of nitrogens with one attached hydrogen (secondary N) is 1. The second kappa shape index (κ2) is 8.94. The van der Waals surface area contributed by atoms with E-state index in [9.17, 15) is 9.59 Å². The van der Waals surface area contributed by atoms with Crippen LogP contribution in [0, 0.1) is 0 Å². The van der Waals surface area contributed by atoms with Crippen LogP contribution >= 0.6 is 11.6 Å². The van der Waals surface area contributed by atoms with Gasteiger partial charge in [-0.05, 0) is 43.3 Å². The molecule has 0 heterocycles. The van der Waals surface area contributed by atoms with E-state index in [0.29, 0.717) is 28.8 Å². The molecule has 0 aliphatic heterocycles. The Labute approximate surface area is 150 Å². The molecule has 2 rings (SSSR count). The number of ether oxygens (including phenoxy) is 3. The number of rotatable bonds is 7. The highest BCUT2D eigenvalue weighted by molar-refractivity contribution is 6.30. The SMILES string of the molecule is CCOc1ccc(C(=O)OCC(=O)Nc2cccc(Cl)c2)cc1OC. The Kier molecular flexibility index (Phi) is 6.65. The smallest absolute Gasteiger partial charge is 0.338 e. The van der Waals surface area contributed by atoms with Crippen LogP contribution in [0.2, 0.25) is 5.02 Å². The van der Waals surface area contributed by atoms with Gasteiger partial charge < -0.3 is 19.5 Å². The van der Waals surface area contributed by atoms with E-state index < -0.39 is 18.5 Å². The van der Waals surface area contributed by atoms with Crippen molar-refractivity contribution in [3.8, 4) is 11.5 Å². The van der Waals surface area contributed by atoms with Crippen molar-refractivity contribution in [3.05, 3.63) is 53.1 Å². The summed E-state index contributed by atoms with van der Waals surface area (Å²) in [7, 11) is 1.48. The average Bonchev–Trinajstić information content (AvgIpc) is 2.60. The second-order valence-electron chi connectivity index (χ2n) is 4.93. The summed E-state index contributed by atoms with van der Waals surface area (Å²) >= 11 is 5.84. The Morgan fingerprint density at radius 1 is 1.12 bits per heavy atom. The minimum absolute atomic E-state index is 0.260. The summed E-state index contributed by atoms with van der Waals surface area (Å²) in [6, 6.07) is 11.3. The molecule has 1 N–H and O–H groups in total. The average molecular weight is 364 g/mol. The number of carbonyl (C=O) groups excluding carboxylic acids is 2. The lowest BCUT2D eigenvalue weighted by Crippen LogP contribution is -2.20. The number of methoxy groups -OCH3 is 1. The van der Waals surface area contributed by atoms with Crippen molar-refractivity contribution in [1.29, 1.82) is 0 Å². The summed E-state index contributed by atoms with van der Waals surface area (Å²) < 4.78 is 15.6. The summed E-state index contributed by atoms with van der Waals surface area (Å²) in [5.74, 6) is -0.156. The van der Waals surface area contributed by atoms with Gasteiger partial charge in [0.25, 0.3) is 5.91 Å². The van der Waals surface area contributed by atoms with Crippen molar-refractivity contribution in [2.24, 2.45) is 0 Å². The molecule has 25 heavy (non-hydrogen) atoms. The van der Waals surface area contributed by atoms with E-state index in [4.69, 9.17) is 25.8 Å². The van der Waals surface area contributed by atoms with E-state index in [1.807, 2.05) is 6.92 Å². The van der Waals surface area contributed by atoms with Crippen LogP contribution in [-0.4, -0.2) is 32.2 Å². The second-order valence-corrected chi connectivity index (χ2v) is 5.37. The van der Waals surface area contributed by atoms with Gasteiger partial charge in [0.15, 0.2) is 18.1 Å². The standard InChI is InChI=1S/C18H18ClNO5/c1-3-24-15-8-7-12(9-16(15)23-2)18(22)25-11-17(21)20-14-6-4-5-13(19)10-14/h4-10H,3,11H2,1-2H3,(H,20,21). The van der Waals surface area contributed by atoms with E-state index in [1.54, 1.807) is 36.4 Å². The molecule has 2 aromatic carbocycles. The predicted octanol–water partition coefficient (Wildman–Crippen LogP) is 3.54. The highest BCUT2D eigenvalue weighted by atomic mass is 35.5. The summed E-state index contributed by atoms with van der Waals surface area (Å²) in [6.07, 6.45) is 0. The Balaban J connectivity index is 1.94. The van der Waals surface area contributed by atoms with Gasteiger partial charge in [-0.15, -0.1) is 0 Å². The van der Waals surface area contributed by atoms with Crippen molar-refractivity contribution in [2.45, 2.75) is 6.92 Å². The van der Waals surface area contributed by atoms with Crippen molar-refractivity contribution < 1.29 is 23.8 Å². The van der Waals surface area contributed by atoms with Crippen LogP contribution < -0.4 is 14.8 Å². The third kappa shape index (κ3) is 5.39. The molecule has 0 saturated heterocycles. The van der Waals surface area contributed by atoms with Crippen LogP contribution in [0.15, 0.2) is 42.5 Å². The molecule has 0 radical (unpaired) electrons. The lowest BCUT2D eigenvalue weighted by Gasteiger charge is -2.11. The highest BCUT2D eigenvalue weighted by Gasteiger charge is 2.14. The number of halogens is 1. The topological polar surface area (TPSA) is 73.9 Å². The van der Waals surface area contributed by atoms with Gasteiger partial charge in [0.1, 0.15) is 0 Å². The molecule has 7 heteroatoms. The minimum Gasteiger partial charge on any atom is -0.493 e. The van der Waals surface area contributed by atoms with Gasteiger partial charge in [-0.25, -0.2) is 4.79 Å². The summed E-state index contributed by atoms with van der Waals surface area (Å²) in [4.78, 5) is 23.9. The first-order chi connectivity index (χ1) is 12.0. The van der Waals surface area contributed by atoms with E-state index in [0.717, 1.165) is 0 Å². The zero-order chi connectivity index (χ0) is 18.2. The fourth-order valence-electron chi connectivity index (χ4n) is 2.05. The first-order valence-corrected chi connectivity index (χ1v) is 7.94. The van der Waals surface area contributed by atoms with Crippen molar-refractivity contribution in [1.82, 2.24) is 0 Å². The normalized spacial score (nSPS) is 10.0. The maximum Gasteiger partial charge on any atom is 0.338 e. The summed E-state index contributed by atoms with van der Waals surface area (Å²) in [5.41, 5.74) is 0.784. The predicted molar refractivity (Wildman–Crippen MR) is 94.5 cm³/mol. The summed E-state index contributed by atoms with van der Waals surface area (Å²) in [5, 5.41) is 3.09. The lowest BCUT2D eigenvalue weighted by molar-refractivity contribution is -0.119. The Morgan fingerprint density at radius 2 is 1.92 bits per heavy atom. The molecule has 0 aliphatic rings. The molecule has 0 atom stereocenters. The molecule has 0 unspecified atom stereocenters. The van der Waals surface area contributed by atoms with E-state index in [2.05, 4.69) is 5.32 Å². The van der Waals surface area contributed by atoms with Crippen molar-refractivity contribution in [2.75, 3.05) is 25.6 Å². The highest BCUT2D eigenvalue weighted by Crippen LogP contribution is 2.28. The number of esters is 1. The molecule has 2 aromatic rings. The van der Waals surface area contributed by atoms with E-state index in [1.165, 1.54) is 13.2 Å². The molecule has 0 aromatic heterocycles. The number of anilines is 1. The fourth-order valence-corrected chi connectivity index (χ4v) is 2.24. The third-order valence-electron chi connectivity index (χ3n) is 3.14. The largest absolute Gasteiger partial charge is 0.493 e. The Hall–Kier alpha value is -2.73. The van der Waals surface area contributed by atoms with Crippen LogP contribution in [0.5, 0.6) is 11.5 Å². The van der Waals surface area contributed by atoms with Crippen LogP contribution in [-0.2, 0) is 9.53 Å². The quantitative estimate of drug-likeness (QED) is 0.761. The molecule has 1 amide bonds. The first kappa shape index (κ1) is 18.6. The van der Waals surface area contributed by atoms with Gasteiger partial charge in [0.05, 0.1) is 19.3 Å². The monoisotopic (exact) mass is 363 g/mol. The van der Waals surface area contributed by atoms with E-state index in [-0.39, 0.29) is 5.56 Å². The number of carbonyl (C=O) groups is 2. The van der Waals surface area contributed by atoms with Gasteiger partial charge in [0.2, 0.25) is 0 Å². The minimum atomic E-state index is -0.636. The number of hydrogen-bond donors (Lipinski definition) is 1. The molecule has 6 nitrogen and oxygen atoms in total. The molecule has 0 saturated carbocycles. The molecule has 132 valence electrons. The Bertz CT molecular complexity index is 763. The summed E-state index contributed by atoms with van der Waals surface area (Å²) in [6.45, 7) is 1.91. The van der Waals surface area contributed by atoms with Crippen molar-refractivity contribution in [3.63, 3.8) is 0 Å². The van der Waals surface area contributed by atoms with E-state index >= 15 is 0 Å². The van der Waals surface area contributed by atoms with Gasteiger partial charge in [0, 0.05) is 10.7 Å². The van der Waals surface area contributed by atoms with Gasteiger partial charge in [-0.3, -0.25) is 4.79 Å². The Morgan fingerprint density at radius 3 is 2.60 bits per heavy atom. The van der Waals surface area contributed by atoms with Gasteiger partial charge in [-0.1, -0.05) is 17.7 Å². The molecule has 0 aliphatic carbocycles. The van der Waals surface area contributed by atoms with Gasteiger partial charge in [-0.2, -0.15) is 0 Å². The zero-order valence-corrected chi connectivity index (χ0v) is 14.6. The van der Waals surface area contributed by atoms with Crippen LogP contribution in [0.1, 0.15) is 17.3 Å². The maximum atomic E-state index is 12.1. The fraction of sp³-hybridized carbons (Fsp3) is 0.222. The van der Waals surface area contributed by atoms with Gasteiger partial charge >= 0.3 is 5.97 Å². The molecular weight excluding hydrogens is 346 g/mol. The van der Waals surface area contributed by atoms with Crippen LogP contribution in [0.3, 0.4) is 0 Å².